The Bertz CT molecular complexity index is 945. The van der Waals surface area contributed by atoms with Crippen molar-refractivity contribution >= 4 is 37.1 Å². The molecular weight excluding hydrogens is 446 g/mol. The predicted octanol–water partition coefficient (Wildman–Crippen LogP) is 7.55. The summed E-state index contributed by atoms with van der Waals surface area (Å²) in [6.45, 7) is 0. The van der Waals surface area contributed by atoms with Crippen LogP contribution in [0, 0.1) is 5.92 Å². The SMILES string of the molecule is c1ccc(P(c2ccccc2)C(CC2CCCCC2)P(c2ccccc2)c2ccccc2)cc1. The molecule has 0 aliphatic heterocycles. The Morgan fingerprint density at radius 2 is 0.794 bits per heavy atom. The maximum Gasteiger partial charge on any atom is 0.0157 e. The molecule has 1 aliphatic carbocycles. The van der Waals surface area contributed by atoms with E-state index >= 15 is 0 Å². The van der Waals surface area contributed by atoms with Crippen LogP contribution >= 0.6 is 15.8 Å². The number of hydrogen-bond acceptors (Lipinski definition) is 0. The molecule has 0 aromatic heterocycles. The fraction of sp³-hybridized carbons (Fsp3) is 0.250. The van der Waals surface area contributed by atoms with Gasteiger partial charge in [0.2, 0.25) is 0 Å². The van der Waals surface area contributed by atoms with Gasteiger partial charge in [-0.2, -0.15) is 0 Å². The molecule has 1 fully saturated rings. The minimum absolute atomic E-state index is 0.497. The van der Waals surface area contributed by atoms with E-state index in [4.69, 9.17) is 0 Å². The van der Waals surface area contributed by atoms with Crippen LogP contribution < -0.4 is 21.2 Å². The zero-order chi connectivity index (χ0) is 23.0. The lowest BCUT2D eigenvalue weighted by Crippen LogP contribution is -2.29. The van der Waals surface area contributed by atoms with Crippen LogP contribution in [-0.2, 0) is 0 Å². The van der Waals surface area contributed by atoms with Gasteiger partial charge in [-0.15, -0.1) is 0 Å². The molecule has 172 valence electrons. The van der Waals surface area contributed by atoms with E-state index in [0.29, 0.717) is 5.40 Å². The summed E-state index contributed by atoms with van der Waals surface area (Å²) in [7, 11) is -0.994. The lowest BCUT2D eigenvalue weighted by Gasteiger charge is -2.38. The van der Waals surface area contributed by atoms with Crippen molar-refractivity contribution in [2.24, 2.45) is 5.92 Å². The molecular formula is C32H34P2. The van der Waals surface area contributed by atoms with Gasteiger partial charge in [-0.05, 0) is 49.4 Å². The molecule has 0 bridgehead atoms. The molecule has 0 radical (unpaired) electrons. The smallest absolute Gasteiger partial charge is 0.0157 e. The van der Waals surface area contributed by atoms with Crippen molar-refractivity contribution in [1.29, 1.82) is 0 Å². The molecule has 1 aliphatic rings. The summed E-state index contributed by atoms with van der Waals surface area (Å²) in [5, 5.41) is 6.68. The Hall–Kier alpha value is -2.26. The van der Waals surface area contributed by atoms with E-state index < -0.39 is 15.8 Å². The highest BCUT2D eigenvalue weighted by molar-refractivity contribution is 7.89. The molecule has 0 unspecified atom stereocenters. The van der Waals surface area contributed by atoms with Gasteiger partial charge in [0, 0.05) is 5.40 Å². The van der Waals surface area contributed by atoms with Gasteiger partial charge in [-0.1, -0.05) is 153 Å². The zero-order valence-corrected chi connectivity index (χ0v) is 21.6. The zero-order valence-electron chi connectivity index (χ0n) is 19.8. The van der Waals surface area contributed by atoms with E-state index in [1.54, 1.807) is 0 Å². The highest BCUT2D eigenvalue weighted by atomic mass is 31.2. The van der Waals surface area contributed by atoms with Crippen LogP contribution in [0.2, 0.25) is 0 Å². The molecule has 34 heavy (non-hydrogen) atoms. The Morgan fingerprint density at radius 1 is 0.471 bits per heavy atom. The van der Waals surface area contributed by atoms with Crippen LogP contribution in [-0.4, -0.2) is 5.40 Å². The van der Waals surface area contributed by atoms with Crippen LogP contribution in [0.15, 0.2) is 121 Å². The predicted molar refractivity (Wildman–Crippen MR) is 153 cm³/mol. The third kappa shape index (κ3) is 5.68. The van der Waals surface area contributed by atoms with E-state index in [1.807, 2.05) is 0 Å². The van der Waals surface area contributed by atoms with Gasteiger partial charge >= 0.3 is 0 Å². The average molecular weight is 481 g/mol. The van der Waals surface area contributed by atoms with Crippen molar-refractivity contribution in [3.05, 3.63) is 121 Å². The van der Waals surface area contributed by atoms with Crippen LogP contribution in [0.3, 0.4) is 0 Å². The van der Waals surface area contributed by atoms with Gasteiger partial charge in [0.05, 0.1) is 0 Å². The van der Waals surface area contributed by atoms with E-state index in [9.17, 15) is 0 Å². The molecule has 0 amide bonds. The molecule has 0 nitrogen and oxygen atoms in total. The second-order valence-electron chi connectivity index (χ2n) is 9.30. The van der Waals surface area contributed by atoms with Crippen molar-refractivity contribution in [3.63, 3.8) is 0 Å². The van der Waals surface area contributed by atoms with E-state index in [-0.39, 0.29) is 0 Å². The number of hydrogen-bond donors (Lipinski definition) is 0. The topological polar surface area (TPSA) is 0 Å². The number of rotatable bonds is 8. The van der Waals surface area contributed by atoms with Crippen LogP contribution in [0.5, 0.6) is 0 Å². The Labute approximate surface area is 208 Å². The molecule has 0 saturated heterocycles. The van der Waals surface area contributed by atoms with Crippen molar-refractivity contribution in [2.75, 3.05) is 0 Å². The Morgan fingerprint density at radius 3 is 1.12 bits per heavy atom. The highest BCUT2D eigenvalue weighted by Crippen LogP contribution is 2.59. The third-order valence-electron chi connectivity index (χ3n) is 7.00. The molecule has 4 aromatic carbocycles. The molecule has 4 aromatic rings. The lowest BCUT2D eigenvalue weighted by molar-refractivity contribution is 0.347. The Kier molecular flexibility index (Phi) is 8.24. The van der Waals surface area contributed by atoms with E-state index in [2.05, 4.69) is 121 Å². The highest BCUT2D eigenvalue weighted by Gasteiger charge is 2.35. The molecule has 0 heterocycles. The van der Waals surface area contributed by atoms with Crippen molar-refractivity contribution in [2.45, 2.75) is 43.9 Å². The number of benzene rings is 4. The van der Waals surface area contributed by atoms with E-state index in [0.717, 1.165) is 5.92 Å². The van der Waals surface area contributed by atoms with Crippen molar-refractivity contribution < 1.29 is 0 Å². The monoisotopic (exact) mass is 480 g/mol. The minimum Gasteiger partial charge on any atom is -0.0622 e. The van der Waals surface area contributed by atoms with Gasteiger partial charge in [0.1, 0.15) is 0 Å². The minimum atomic E-state index is -0.497. The molecule has 1 saturated carbocycles. The summed E-state index contributed by atoms with van der Waals surface area (Å²) in [6.07, 6.45) is 8.34. The molecule has 5 rings (SSSR count). The van der Waals surface area contributed by atoms with Gasteiger partial charge in [-0.3, -0.25) is 0 Å². The standard InChI is InChI=1S/C32H34P2/c1-6-16-27(17-7-1)26-32(33(28-18-8-2-9-19-28)29-20-10-3-11-21-29)34(30-22-12-4-13-23-30)31-24-14-5-15-25-31/h2-5,8-15,18-25,27,32H,1,6-7,16-17,26H2. The van der Waals surface area contributed by atoms with Crippen molar-refractivity contribution in [3.8, 4) is 0 Å². The summed E-state index contributed by atoms with van der Waals surface area (Å²) >= 11 is 0. The summed E-state index contributed by atoms with van der Waals surface area (Å²) < 4.78 is 0. The first-order chi connectivity index (χ1) is 16.9. The van der Waals surface area contributed by atoms with Crippen LogP contribution in [0.4, 0.5) is 0 Å². The largest absolute Gasteiger partial charge is 0.0622 e. The fourth-order valence-corrected chi connectivity index (χ4v) is 12.9. The molecule has 2 heteroatoms. The Balaban J connectivity index is 1.67. The second kappa shape index (κ2) is 11.9. The average Bonchev–Trinajstić information content (AvgIpc) is 2.92. The maximum absolute atomic E-state index is 2.38. The third-order valence-corrected chi connectivity index (χ3v) is 13.4. The molecule has 0 atom stereocenters. The normalized spacial score (nSPS) is 14.7. The van der Waals surface area contributed by atoms with Gasteiger partial charge < -0.3 is 0 Å². The van der Waals surface area contributed by atoms with Crippen LogP contribution in [0.25, 0.3) is 0 Å². The van der Waals surface area contributed by atoms with Crippen LogP contribution in [0.1, 0.15) is 38.5 Å². The second-order valence-corrected chi connectivity index (χ2v) is 14.5. The molecule has 0 N–H and O–H groups in total. The van der Waals surface area contributed by atoms with Gasteiger partial charge in [-0.25, -0.2) is 0 Å². The van der Waals surface area contributed by atoms with Gasteiger partial charge in [0.15, 0.2) is 0 Å². The quantitative estimate of drug-likeness (QED) is 0.229. The van der Waals surface area contributed by atoms with Gasteiger partial charge in [0.25, 0.3) is 0 Å². The summed E-state index contributed by atoms with van der Waals surface area (Å²) in [6, 6.07) is 45.6. The fourth-order valence-electron chi connectivity index (χ4n) is 5.39. The first kappa shape index (κ1) is 23.5. The molecule has 0 spiro atoms. The van der Waals surface area contributed by atoms with Crippen molar-refractivity contribution in [1.82, 2.24) is 0 Å². The summed E-state index contributed by atoms with van der Waals surface area (Å²) in [5.41, 5.74) is 0. The first-order valence-electron chi connectivity index (χ1n) is 12.7. The van der Waals surface area contributed by atoms with E-state index in [1.165, 1.54) is 59.7 Å². The summed E-state index contributed by atoms with van der Waals surface area (Å²) in [5.74, 6) is 0.841. The first-order valence-corrected chi connectivity index (χ1v) is 15.5. The summed E-state index contributed by atoms with van der Waals surface area (Å²) in [4.78, 5) is 0. The maximum atomic E-state index is 2.38. The lowest BCUT2D eigenvalue weighted by atomic mass is 9.87.